The van der Waals surface area contributed by atoms with Crippen LogP contribution in [0.4, 0.5) is 0 Å². The summed E-state index contributed by atoms with van der Waals surface area (Å²) in [5, 5.41) is 40.2. The van der Waals surface area contributed by atoms with Crippen molar-refractivity contribution in [1.29, 1.82) is 0 Å². The molecule has 4 N–H and O–H groups in total. The molecule has 0 spiro atoms. The summed E-state index contributed by atoms with van der Waals surface area (Å²) in [4.78, 5) is 25.5. The summed E-state index contributed by atoms with van der Waals surface area (Å²) in [5.74, 6) is -0.838. The Kier molecular flexibility index (Phi) is 42.9. The summed E-state index contributed by atoms with van der Waals surface area (Å²) in [5.41, 5.74) is 0. The van der Waals surface area contributed by atoms with Gasteiger partial charge in [-0.2, -0.15) is 0 Å². The van der Waals surface area contributed by atoms with E-state index in [-0.39, 0.29) is 32.0 Å². The Hall–Kier alpha value is -2.60. The largest absolute Gasteiger partial charge is 0.462 e. The first-order valence-electron chi connectivity index (χ1n) is 26.9. The number of esters is 2. The lowest BCUT2D eigenvalue weighted by Gasteiger charge is -2.39. The molecule has 0 aromatic carbocycles. The summed E-state index contributed by atoms with van der Waals surface area (Å²) >= 11 is 0. The molecule has 0 aliphatic carbocycles. The fourth-order valence-electron chi connectivity index (χ4n) is 7.98. The molecule has 0 bridgehead atoms. The Morgan fingerprint density at radius 3 is 1.35 bits per heavy atom. The van der Waals surface area contributed by atoms with E-state index in [1.54, 1.807) is 0 Å². The number of allylic oxidation sites excluding steroid dienone is 10. The van der Waals surface area contributed by atoms with Crippen LogP contribution in [-0.2, 0) is 28.5 Å². The van der Waals surface area contributed by atoms with Crippen molar-refractivity contribution < 1.29 is 49.0 Å². The fraction of sp³-hybridized carbons (Fsp3) is 0.786. The van der Waals surface area contributed by atoms with E-state index in [0.29, 0.717) is 6.42 Å². The Labute approximate surface area is 402 Å². The van der Waals surface area contributed by atoms with E-state index >= 15 is 0 Å². The SMILES string of the molecule is CC/C=C/C/C=C/C/C=C/C/C=C/C/C=C/CCCCCC(=O)O[C@@H](COC(=O)CCCCCCCCCCCCCCCCCCCCCCCC)CO[C@H]1O[C@@H](CO)[C@@H](O)C(O)C1O. The summed E-state index contributed by atoms with van der Waals surface area (Å²) in [6.45, 7) is 3.31. The second-order valence-corrected chi connectivity index (χ2v) is 18.3. The first-order valence-corrected chi connectivity index (χ1v) is 26.9. The lowest BCUT2D eigenvalue weighted by atomic mass is 9.99. The summed E-state index contributed by atoms with van der Waals surface area (Å²) in [7, 11) is 0. The molecular formula is C56H98O10. The Morgan fingerprint density at radius 1 is 0.485 bits per heavy atom. The van der Waals surface area contributed by atoms with Gasteiger partial charge in [-0.05, 0) is 57.8 Å². The van der Waals surface area contributed by atoms with Crippen molar-refractivity contribution in [1.82, 2.24) is 0 Å². The van der Waals surface area contributed by atoms with Gasteiger partial charge in [-0.25, -0.2) is 0 Å². The molecule has 0 amide bonds. The van der Waals surface area contributed by atoms with Crippen LogP contribution < -0.4 is 0 Å². The first kappa shape index (κ1) is 61.4. The third-order valence-corrected chi connectivity index (χ3v) is 12.2. The van der Waals surface area contributed by atoms with Crippen LogP contribution in [0.1, 0.15) is 226 Å². The third kappa shape index (κ3) is 36.4. The van der Waals surface area contributed by atoms with Crippen molar-refractivity contribution in [2.45, 2.75) is 263 Å². The van der Waals surface area contributed by atoms with Gasteiger partial charge in [0.25, 0.3) is 0 Å². The molecule has 66 heavy (non-hydrogen) atoms. The van der Waals surface area contributed by atoms with Gasteiger partial charge >= 0.3 is 11.9 Å². The molecule has 0 aromatic rings. The quantitative estimate of drug-likeness (QED) is 0.0264. The number of carbonyl (C=O) groups is 2. The Morgan fingerprint density at radius 2 is 0.894 bits per heavy atom. The van der Waals surface area contributed by atoms with Gasteiger partial charge in [0, 0.05) is 12.8 Å². The lowest BCUT2D eigenvalue weighted by molar-refractivity contribution is -0.305. The maximum absolute atomic E-state index is 12.8. The molecule has 10 nitrogen and oxygen atoms in total. The van der Waals surface area contributed by atoms with E-state index in [1.807, 2.05) is 0 Å². The predicted molar refractivity (Wildman–Crippen MR) is 270 cm³/mol. The fourth-order valence-corrected chi connectivity index (χ4v) is 7.98. The molecule has 10 heteroatoms. The third-order valence-electron chi connectivity index (χ3n) is 12.2. The maximum Gasteiger partial charge on any atom is 0.306 e. The van der Waals surface area contributed by atoms with E-state index in [9.17, 15) is 30.0 Å². The zero-order valence-corrected chi connectivity index (χ0v) is 41.9. The predicted octanol–water partition coefficient (Wildman–Crippen LogP) is 13.0. The minimum atomic E-state index is -1.60. The summed E-state index contributed by atoms with van der Waals surface area (Å²) in [6, 6.07) is 0. The number of aliphatic hydroxyl groups excluding tert-OH is 4. The first-order chi connectivity index (χ1) is 32.3. The van der Waals surface area contributed by atoms with Crippen LogP contribution in [0.25, 0.3) is 0 Å². The van der Waals surface area contributed by atoms with Gasteiger partial charge in [-0.15, -0.1) is 0 Å². The van der Waals surface area contributed by atoms with Gasteiger partial charge in [-0.1, -0.05) is 216 Å². The number of hydrogen-bond acceptors (Lipinski definition) is 10. The molecule has 2 unspecified atom stereocenters. The Bertz CT molecular complexity index is 1260. The standard InChI is InChI=1S/C56H98O10/c1-3-5-7-9-11-13-15-17-19-21-23-24-25-27-28-30-32-34-36-38-40-42-44-51(58)63-47-49(48-64-56-55(62)54(61)53(60)50(46-57)66-56)65-52(59)45-43-41-39-37-35-33-31-29-26-22-20-18-16-14-12-10-8-6-4-2/h6,8,12,14,18,20,26,29,33,35,49-50,53-57,60-62H,3-5,7,9-11,13,15-17,19,21-25,27-28,30-32,34,36-48H2,1-2H3/b8-6+,14-12+,20-18+,29-26+,35-33+/t49-,50-,53+,54?,55?,56-/m0/s1. The average molecular weight is 931 g/mol. The van der Waals surface area contributed by atoms with Crippen LogP contribution in [0, 0.1) is 0 Å². The van der Waals surface area contributed by atoms with Crippen LogP contribution in [0.3, 0.4) is 0 Å². The molecule has 1 aliphatic rings. The lowest BCUT2D eigenvalue weighted by Crippen LogP contribution is -2.59. The second kappa shape index (κ2) is 46.1. The number of unbranched alkanes of at least 4 members (excludes halogenated alkanes) is 24. The Balaban J connectivity index is 2.25. The van der Waals surface area contributed by atoms with Gasteiger partial charge in [0.05, 0.1) is 13.2 Å². The molecule has 1 saturated heterocycles. The molecule has 1 aliphatic heterocycles. The molecule has 1 rings (SSSR count). The zero-order valence-electron chi connectivity index (χ0n) is 41.9. The van der Waals surface area contributed by atoms with Crippen molar-refractivity contribution in [3.8, 4) is 0 Å². The number of hydrogen-bond donors (Lipinski definition) is 4. The molecule has 6 atom stereocenters. The van der Waals surface area contributed by atoms with Crippen LogP contribution in [0.15, 0.2) is 60.8 Å². The van der Waals surface area contributed by atoms with Crippen molar-refractivity contribution in [2.75, 3.05) is 19.8 Å². The molecule has 1 heterocycles. The number of rotatable bonds is 45. The van der Waals surface area contributed by atoms with Crippen LogP contribution in [-0.4, -0.2) is 89.0 Å². The van der Waals surface area contributed by atoms with Crippen LogP contribution in [0.5, 0.6) is 0 Å². The van der Waals surface area contributed by atoms with Gasteiger partial charge < -0.3 is 39.4 Å². The highest BCUT2D eigenvalue weighted by atomic mass is 16.7. The molecule has 0 saturated carbocycles. The van der Waals surface area contributed by atoms with Gasteiger partial charge in [0.2, 0.25) is 0 Å². The number of ether oxygens (including phenoxy) is 4. The molecule has 1 fully saturated rings. The van der Waals surface area contributed by atoms with Crippen LogP contribution in [0.2, 0.25) is 0 Å². The van der Waals surface area contributed by atoms with Gasteiger partial charge in [-0.3, -0.25) is 9.59 Å². The highest BCUT2D eigenvalue weighted by molar-refractivity contribution is 5.70. The summed E-state index contributed by atoms with van der Waals surface area (Å²) < 4.78 is 22.2. The molecule has 382 valence electrons. The minimum Gasteiger partial charge on any atom is -0.462 e. The number of carbonyl (C=O) groups excluding carboxylic acids is 2. The number of aliphatic hydroxyl groups is 4. The maximum atomic E-state index is 12.8. The second-order valence-electron chi connectivity index (χ2n) is 18.3. The molecule has 0 radical (unpaired) electrons. The van der Waals surface area contributed by atoms with E-state index in [4.69, 9.17) is 18.9 Å². The highest BCUT2D eigenvalue weighted by Gasteiger charge is 2.44. The van der Waals surface area contributed by atoms with Crippen LogP contribution >= 0.6 is 0 Å². The van der Waals surface area contributed by atoms with E-state index in [1.165, 1.54) is 122 Å². The molecular weight excluding hydrogens is 833 g/mol. The smallest absolute Gasteiger partial charge is 0.306 e. The van der Waals surface area contributed by atoms with Crippen molar-refractivity contribution >= 4 is 11.9 Å². The van der Waals surface area contributed by atoms with Gasteiger partial charge in [0.15, 0.2) is 12.4 Å². The monoisotopic (exact) mass is 931 g/mol. The minimum absolute atomic E-state index is 0.190. The normalized spacial score (nSPS) is 19.6. The van der Waals surface area contributed by atoms with E-state index < -0.39 is 49.4 Å². The van der Waals surface area contributed by atoms with E-state index in [2.05, 4.69) is 74.6 Å². The average Bonchev–Trinajstić information content (AvgIpc) is 3.32. The van der Waals surface area contributed by atoms with Crippen molar-refractivity contribution in [3.05, 3.63) is 60.8 Å². The van der Waals surface area contributed by atoms with Gasteiger partial charge in [0.1, 0.15) is 31.0 Å². The van der Waals surface area contributed by atoms with Crippen molar-refractivity contribution in [2.24, 2.45) is 0 Å². The molecule has 0 aromatic heterocycles. The zero-order chi connectivity index (χ0) is 48.0. The van der Waals surface area contributed by atoms with Crippen molar-refractivity contribution in [3.63, 3.8) is 0 Å². The highest BCUT2D eigenvalue weighted by Crippen LogP contribution is 2.23. The topological polar surface area (TPSA) is 152 Å². The van der Waals surface area contributed by atoms with E-state index in [0.717, 1.165) is 70.6 Å². The summed E-state index contributed by atoms with van der Waals surface area (Å²) in [6.07, 6.45) is 50.9.